The number of fused-ring (bicyclic) bond motifs is 1. The minimum Gasteiger partial charge on any atom is -0.493 e. The molecule has 0 unspecified atom stereocenters. The standard InChI is InChI=1S/C27H28N2O4/c1-3-33-23-14-13-20(17-24(23)32-2)18-29-25(21-11-7-8-12-22(21)27(29)31)26(30)28-16-15-19-9-5-4-6-10-19/h4-14,17,25H,3,15-16,18H2,1-2H3,(H,28,30)/t25-/m1/s1. The molecule has 1 N–H and O–H groups in total. The van der Waals surface area contributed by atoms with Gasteiger partial charge in [0, 0.05) is 18.7 Å². The number of rotatable bonds is 9. The lowest BCUT2D eigenvalue weighted by Gasteiger charge is -2.25. The molecule has 0 aromatic heterocycles. The van der Waals surface area contributed by atoms with Crippen LogP contribution in [-0.2, 0) is 17.8 Å². The molecule has 0 fully saturated rings. The zero-order valence-electron chi connectivity index (χ0n) is 18.9. The summed E-state index contributed by atoms with van der Waals surface area (Å²) in [5.74, 6) is 0.918. The quantitative estimate of drug-likeness (QED) is 0.538. The monoisotopic (exact) mass is 444 g/mol. The lowest BCUT2D eigenvalue weighted by atomic mass is 10.0. The van der Waals surface area contributed by atoms with Gasteiger partial charge in [0.1, 0.15) is 6.04 Å². The Balaban J connectivity index is 1.54. The molecule has 0 saturated carbocycles. The van der Waals surface area contributed by atoms with Gasteiger partial charge in [0.2, 0.25) is 5.91 Å². The first-order chi connectivity index (χ1) is 16.1. The molecular formula is C27H28N2O4. The van der Waals surface area contributed by atoms with Crippen LogP contribution in [0.2, 0.25) is 0 Å². The molecule has 1 heterocycles. The van der Waals surface area contributed by atoms with Crippen LogP contribution < -0.4 is 14.8 Å². The van der Waals surface area contributed by atoms with Crippen LogP contribution in [0, 0.1) is 0 Å². The van der Waals surface area contributed by atoms with Crippen LogP contribution in [0.3, 0.4) is 0 Å². The molecule has 2 amide bonds. The number of nitrogens with one attached hydrogen (secondary N) is 1. The third-order valence-corrected chi connectivity index (χ3v) is 5.74. The predicted octanol–water partition coefficient (Wildman–Crippen LogP) is 4.15. The Morgan fingerprint density at radius 3 is 2.48 bits per heavy atom. The SMILES string of the molecule is CCOc1ccc(CN2C(=O)c3ccccc3[C@@H]2C(=O)NCCc2ccccc2)cc1OC. The van der Waals surface area contributed by atoms with E-state index in [1.54, 1.807) is 18.1 Å². The number of carbonyl (C=O) groups is 2. The van der Waals surface area contributed by atoms with Crippen LogP contribution >= 0.6 is 0 Å². The van der Waals surface area contributed by atoms with Gasteiger partial charge in [-0.05, 0) is 48.2 Å². The first kappa shape index (κ1) is 22.4. The third-order valence-electron chi connectivity index (χ3n) is 5.74. The van der Waals surface area contributed by atoms with Crippen molar-refractivity contribution in [3.8, 4) is 11.5 Å². The lowest BCUT2D eigenvalue weighted by molar-refractivity contribution is -0.125. The molecule has 0 aliphatic carbocycles. The first-order valence-corrected chi connectivity index (χ1v) is 11.1. The van der Waals surface area contributed by atoms with Crippen LogP contribution in [0.25, 0.3) is 0 Å². The summed E-state index contributed by atoms with van der Waals surface area (Å²) in [6, 6.07) is 22.2. The van der Waals surface area contributed by atoms with E-state index < -0.39 is 6.04 Å². The highest BCUT2D eigenvalue weighted by atomic mass is 16.5. The minimum atomic E-state index is -0.679. The zero-order chi connectivity index (χ0) is 23.2. The number of nitrogens with zero attached hydrogens (tertiary/aromatic N) is 1. The average molecular weight is 445 g/mol. The first-order valence-electron chi connectivity index (χ1n) is 11.1. The fraction of sp³-hybridized carbons (Fsp3) is 0.259. The fourth-order valence-corrected chi connectivity index (χ4v) is 4.17. The smallest absolute Gasteiger partial charge is 0.255 e. The average Bonchev–Trinajstić information content (AvgIpc) is 3.12. The Bertz CT molecular complexity index is 1130. The summed E-state index contributed by atoms with van der Waals surface area (Å²) in [5, 5.41) is 3.02. The molecule has 0 radical (unpaired) electrons. The van der Waals surface area contributed by atoms with Crippen molar-refractivity contribution in [2.45, 2.75) is 25.9 Å². The normalized spacial score (nSPS) is 14.7. The van der Waals surface area contributed by atoms with E-state index in [1.165, 1.54) is 0 Å². The van der Waals surface area contributed by atoms with Crippen LogP contribution in [0.15, 0.2) is 72.8 Å². The maximum absolute atomic E-state index is 13.3. The second kappa shape index (κ2) is 10.2. The number of hydrogen-bond donors (Lipinski definition) is 1. The second-order valence-electron chi connectivity index (χ2n) is 7.87. The third kappa shape index (κ3) is 4.85. The highest BCUT2D eigenvalue weighted by molar-refractivity contribution is 6.04. The topological polar surface area (TPSA) is 67.9 Å². The minimum absolute atomic E-state index is 0.151. The van der Waals surface area contributed by atoms with E-state index in [9.17, 15) is 9.59 Å². The molecule has 0 spiro atoms. The van der Waals surface area contributed by atoms with Crippen molar-refractivity contribution in [3.63, 3.8) is 0 Å². The molecule has 0 bridgehead atoms. The number of amides is 2. The highest BCUT2D eigenvalue weighted by Crippen LogP contribution is 2.36. The Hall–Kier alpha value is -3.80. The lowest BCUT2D eigenvalue weighted by Crippen LogP contribution is -2.39. The molecule has 3 aromatic rings. The maximum atomic E-state index is 13.3. The van der Waals surface area contributed by atoms with Crippen molar-refractivity contribution in [1.82, 2.24) is 10.2 Å². The molecule has 1 atom stereocenters. The van der Waals surface area contributed by atoms with Crippen molar-refractivity contribution >= 4 is 11.8 Å². The van der Waals surface area contributed by atoms with Crippen LogP contribution in [-0.4, -0.2) is 37.0 Å². The van der Waals surface area contributed by atoms with Crippen molar-refractivity contribution in [3.05, 3.63) is 95.1 Å². The largest absolute Gasteiger partial charge is 0.493 e. The summed E-state index contributed by atoms with van der Waals surface area (Å²) >= 11 is 0. The van der Waals surface area contributed by atoms with E-state index in [0.717, 1.165) is 23.1 Å². The summed E-state index contributed by atoms with van der Waals surface area (Å²) in [6.45, 7) is 3.23. The predicted molar refractivity (Wildman–Crippen MR) is 126 cm³/mol. The maximum Gasteiger partial charge on any atom is 0.255 e. The van der Waals surface area contributed by atoms with Crippen LogP contribution in [0.1, 0.15) is 40.0 Å². The molecule has 33 heavy (non-hydrogen) atoms. The van der Waals surface area contributed by atoms with Gasteiger partial charge < -0.3 is 19.7 Å². The summed E-state index contributed by atoms with van der Waals surface area (Å²) in [6.07, 6.45) is 0.727. The van der Waals surface area contributed by atoms with Crippen LogP contribution in [0.4, 0.5) is 0 Å². The van der Waals surface area contributed by atoms with E-state index in [1.807, 2.05) is 73.7 Å². The summed E-state index contributed by atoms with van der Waals surface area (Å²) < 4.78 is 11.0. The molecule has 0 saturated heterocycles. The molecule has 4 rings (SSSR count). The summed E-state index contributed by atoms with van der Waals surface area (Å²) in [5.41, 5.74) is 3.31. The van der Waals surface area contributed by atoms with Crippen molar-refractivity contribution in [2.75, 3.05) is 20.3 Å². The zero-order valence-corrected chi connectivity index (χ0v) is 18.9. The van der Waals surface area contributed by atoms with E-state index in [2.05, 4.69) is 5.32 Å². The summed E-state index contributed by atoms with van der Waals surface area (Å²) in [7, 11) is 1.58. The van der Waals surface area contributed by atoms with E-state index in [-0.39, 0.29) is 18.4 Å². The van der Waals surface area contributed by atoms with Crippen LogP contribution in [0.5, 0.6) is 11.5 Å². The van der Waals surface area contributed by atoms with Gasteiger partial charge >= 0.3 is 0 Å². The van der Waals surface area contributed by atoms with Crippen molar-refractivity contribution < 1.29 is 19.1 Å². The van der Waals surface area contributed by atoms with Crippen molar-refractivity contribution in [2.24, 2.45) is 0 Å². The van der Waals surface area contributed by atoms with E-state index >= 15 is 0 Å². The van der Waals surface area contributed by atoms with E-state index in [0.29, 0.717) is 30.2 Å². The van der Waals surface area contributed by atoms with Gasteiger partial charge in [-0.25, -0.2) is 0 Å². The fourth-order valence-electron chi connectivity index (χ4n) is 4.17. The van der Waals surface area contributed by atoms with Gasteiger partial charge in [-0.3, -0.25) is 9.59 Å². The Morgan fingerprint density at radius 1 is 0.970 bits per heavy atom. The van der Waals surface area contributed by atoms with Gasteiger partial charge in [-0.15, -0.1) is 0 Å². The van der Waals surface area contributed by atoms with E-state index in [4.69, 9.17) is 9.47 Å². The second-order valence-corrected chi connectivity index (χ2v) is 7.87. The molecule has 1 aliphatic heterocycles. The molecular weight excluding hydrogens is 416 g/mol. The molecule has 6 nitrogen and oxygen atoms in total. The van der Waals surface area contributed by atoms with Gasteiger partial charge in [0.15, 0.2) is 11.5 Å². The number of benzene rings is 3. The van der Waals surface area contributed by atoms with Crippen molar-refractivity contribution in [1.29, 1.82) is 0 Å². The Morgan fingerprint density at radius 2 is 1.73 bits per heavy atom. The van der Waals surface area contributed by atoms with Gasteiger partial charge in [-0.1, -0.05) is 54.6 Å². The summed E-state index contributed by atoms with van der Waals surface area (Å²) in [4.78, 5) is 28.1. The van der Waals surface area contributed by atoms with Gasteiger partial charge in [0.05, 0.1) is 13.7 Å². The number of hydrogen-bond acceptors (Lipinski definition) is 4. The Labute approximate surface area is 194 Å². The Kier molecular flexibility index (Phi) is 6.93. The number of carbonyl (C=O) groups excluding carboxylic acids is 2. The molecule has 3 aromatic carbocycles. The number of methoxy groups -OCH3 is 1. The molecule has 170 valence electrons. The molecule has 6 heteroatoms. The molecule has 1 aliphatic rings. The van der Waals surface area contributed by atoms with Gasteiger partial charge in [0.25, 0.3) is 5.91 Å². The van der Waals surface area contributed by atoms with Gasteiger partial charge in [-0.2, -0.15) is 0 Å². The number of ether oxygens (including phenoxy) is 2. The highest BCUT2D eigenvalue weighted by Gasteiger charge is 2.40.